The van der Waals surface area contributed by atoms with Crippen LogP contribution in [0.4, 0.5) is 21.9 Å². The molecule has 2 aromatic heterocycles. The van der Waals surface area contributed by atoms with Gasteiger partial charge in [0.25, 0.3) is 5.56 Å². The van der Waals surface area contributed by atoms with Crippen LogP contribution < -0.4 is 21.9 Å². The molecule has 0 spiro atoms. The number of rotatable bonds is 8. The second-order valence-electron chi connectivity index (χ2n) is 10.3. The summed E-state index contributed by atoms with van der Waals surface area (Å²) in [5.74, 6) is 0.430. The summed E-state index contributed by atoms with van der Waals surface area (Å²) < 4.78 is 1.66. The molecule has 0 bridgehead atoms. The summed E-state index contributed by atoms with van der Waals surface area (Å²) in [5.41, 5.74) is 11.4. The molecule has 0 radical (unpaired) electrons. The zero-order chi connectivity index (χ0) is 27.4. The van der Waals surface area contributed by atoms with E-state index in [9.17, 15) is 9.59 Å². The molecule has 0 aliphatic rings. The molecule has 7 nitrogen and oxygen atoms in total. The Morgan fingerprint density at radius 3 is 2.16 bits per heavy atom. The number of aryl methyl sites for hydroxylation is 1. The predicted molar refractivity (Wildman–Crippen MR) is 158 cm³/mol. The van der Waals surface area contributed by atoms with Crippen LogP contribution in [0.25, 0.3) is 22.2 Å². The van der Waals surface area contributed by atoms with Crippen molar-refractivity contribution in [3.63, 3.8) is 0 Å². The zero-order valence-corrected chi connectivity index (χ0v) is 22.8. The number of nitrogens with two attached hydrogens (primary N) is 1. The lowest BCUT2D eigenvalue weighted by Crippen LogP contribution is -2.30. The van der Waals surface area contributed by atoms with Gasteiger partial charge >= 0.3 is 6.03 Å². The Hall–Kier alpha value is -4.13. The van der Waals surface area contributed by atoms with Gasteiger partial charge in [-0.2, -0.15) is 0 Å². The molecule has 2 amide bonds. The van der Waals surface area contributed by atoms with E-state index in [0.717, 1.165) is 40.6 Å². The van der Waals surface area contributed by atoms with Gasteiger partial charge in [0.15, 0.2) is 0 Å². The minimum Gasteiger partial charge on any atom is -0.399 e. The fraction of sp³-hybridized carbons (Fsp3) is 0.323. The molecule has 2 aromatic carbocycles. The van der Waals surface area contributed by atoms with Gasteiger partial charge < -0.3 is 16.4 Å². The molecule has 4 rings (SSSR count). The Bertz CT molecular complexity index is 1480. The van der Waals surface area contributed by atoms with Crippen LogP contribution >= 0.6 is 0 Å². The van der Waals surface area contributed by atoms with Crippen molar-refractivity contribution >= 4 is 34.1 Å². The Morgan fingerprint density at radius 1 is 0.921 bits per heavy atom. The average Bonchev–Trinajstić information content (AvgIpc) is 2.89. The molecule has 0 aliphatic carbocycles. The van der Waals surface area contributed by atoms with E-state index >= 15 is 0 Å². The predicted octanol–water partition coefficient (Wildman–Crippen LogP) is 7.34. The van der Waals surface area contributed by atoms with Gasteiger partial charge in [0.1, 0.15) is 11.3 Å². The number of pyridine rings is 2. The summed E-state index contributed by atoms with van der Waals surface area (Å²) in [6, 6.07) is 16.7. The molecule has 4 aromatic rings. The third kappa shape index (κ3) is 5.42. The van der Waals surface area contributed by atoms with Crippen LogP contribution in [0.15, 0.2) is 65.6 Å². The van der Waals surface area contributed by atoms with Crippen molar-refractivity contribution in [3.8, 4) is 11.1 Å². The maximum absolute atomic E-state index is 13.9. The topological polar surface area (TPSA) is 102 Å². The summed E-state index contributed by atoms with van der Waals surface area (Å²) in [6.45, 7) is 11.0. The van der Waals surface area contributed by atoms with E-state index in [0.29, 0.717) is 23.4 Å². The number of nitrogen functional groups attached to an aromatic ring is 1. The molecule has 0 atom stereocenters. The number of hydrogen-bond donors (Lipinski definition) is 3. The summed E-state index contributed by atoms with van der Waals surface area (Å²) in [5, 5.41) is 6.81. The van der Waals surface area contributed by atoms with Crippen molar-refractivity contribution in [2.45, 2.75) is 65.8 Å². The highest BCUT2D eigenvalue weighted by Crippen LogP contribution is 2.35. The molecule has 0 fully saturated rings. The molecule has 7 heteroatoms. The van der Waals surface area contributed by atoms with Crippen LogP contribution in [0.3, 0.4) is 0 Å². The second-order valence-corrected chi connectivity index (χ2v) is 10.3. The second kappa shape index (κ2) is 11.5. The molecule has 2 heterocycles. The Morgan fingerprint density at radius 2 is 1.55 bits per heavy atom. The number of nitrogens with zero attached hydrogens (tertiary/aromatic N) is 2. The van der Waals surface area contributed by atoms with E-state index in [1.54, 1.807) is 22.9 Å². The first kappa shape index (κ1) is 26.9. The van der Waals surface area contributed by atoms with Gasteiger partial charge in [-0.15, -0.1) is 0 Å². The average molecular weight is 512 g/mol. The van der Waals surface area contributed by atoms with Crippen molar-refractivity contribution in [3.05, 3.63) is 82.3 Å². The third-order valence-electron chi connectivity index (χ3n) is 6.81. The molecule has 198 valence electrons. The van der Waals surface area contributed by atoms with Gasteiger partial charge in [-0.05, 0) is 59.2 Å². The highest BCUT2D eigenvalue weighted by Gasteiger charge is 2.22. The fourth-order valence-electron chi connectivity index (χ4n) is 4.82. The molecule has 38 heavy (non-hydrogen) atoms. The number of fused-ring (bicyclic) bond motifs is 1. The summed E-state index contributed by atoms with van der Waals surface area (Å²) in [6.07, 6.45) is 3.43. The number of benzene rings is 2. The minimum atomic E-state index is -0.459. The van der Waals surface area contributed by atoms with Gasteiger partial charge in [0.2, 0.25) is 0 Å². The number of hydrogen-bond acceptors (Lipinski definition) is 4. The summed E-state index contributed by atoms with van der Waals surface area (Å²) in [4.78, 5) is 32.1. The Labute approximate surface area is 224 Å². The molecule has 0 saturated heterocycles. The summed E-state index contributed by atoms with van der Waals surface area (Å²) >= 11 is 0. The van der Waals surface area contributed by atoms with Crippen LogP contribution in [0, 0.1) is 0 Å². The smallest absolute Gasteiger partial charge is 0.323 e. The first-order valence-electron chi connectivity index (χ1n) is 13.3. The summed E-state index contributed by atoms with van der Waals surface area (Å²) in [7, 11) is 0. The quantitative estimate of drug-likeness (QED) is 0.215. The number of nitrogens with one attached hydrogen (secondary N) is 2. The standard InChI is InChI=1S/C31H37N5O2/c1-6-7-18-36-29-25(12-9-17-33-29)26(21-13-15-22(32)16-14-21)28(30(36)37)35-31(38)34-27-23(19(2)3)10-8-11-24(27)20(4)5/h8-17,19-20H,6-7,18,32H2,1-5H3,(H2,34,35,38). The van der Waals surface area contributed by atoms with E-state index in [2.05, 4.69) is 50.2 Å². The number of para-hydroxylation sites is 1. The first-order valence-corrected chi connectivity index (χ1v) is 13.3. The molecular formula is C31H37N5O2. The molecular weight excluding hydrogens is 474 g/mol. The van der Waals surface area contributed by atoms with Crippen LogP contribution in [0.1, 0.15) is 70.4 Å². The number of unbranched alkanes of at least 4 members (excludes halogenated alkanes) is 1. The van der Waals surface area contributed by atoms with Crippen molar-refractivity contribution in [1.29, 1.82) is 0 Å². The highest BCUT2D eigenvalue weighted by molar-refractivity contribution is 6.07. The maximum atomic E-state index is 13.9. The lowest BCUT2D eigenvalue weighted by molar-refractivity contribution is 0.262. The lowest BCUT2D eigenvalue weighted by atomic mass is 9.93. The number of carbonyl (C=O) groups is 1. The van der Waals surface area contributed by atoms with E-state index in [1.165, 1.54) is 0 Å². The van der Waals surface area contributed by atoms with Gasteiger partial charge in [-0.3, -0.25) is 9.36 Å². The van der Waals surface area contributed by atoms with Gasteiger partial charge in [-0.25, -0.2) is 9.78 Å². The van der Waals surface area contributed by atoms with Gasteiger partial charge in [0, 0.05) is 35.1 Å². The minimum absolute atomic E-state index is 0.215. The Balaban J connectivity index is 1.88. The van der Waals surface area contributed by atoms with Crippen LogP contribution in [0.2, 0.25) is 0 Å². The number of urea groups is 1. The van der Waals surface area contributed by atoms with Crippen LogP contribution in [-0.2, 0) is 6.54 Å². The highest BCUT2D eigenvalue weighted by atomic mass is 16.2. The number of aromatic nitrogens is 2. The molecule has 0 saturated carbocycles. The van der Waals surface area contributed by atoms with Gasteiger partial charge in [-0.1, -0.05) is 71.4 Å². The number of amides is 2. The lowest BCUT2D eigenvalue weighted by Gasteiger charge is -2.21. The molecule has 0 unspecified atom stereocenters. The Kier molecular flexibility index (Phi) is 8.15. The normalized spacial score (nSPS) is 11.3. The SMILES string of the molecule is CCCCn1c(=O)c(NC(=O)Nc2c(C(C)C)cccc2C(C)C)c(-c2ccc(N)cc2)c2cccnc21. The van der Waals surface area contributed by atoms with Crippen molar-refractivity contribution in [2.24, 2.45) is 0 Å². The van der Waals surface area contributed by atoms with Crippen molar-refractivity contribution in [2.75, 3.05) is 16.4 Å². The van der Waals surface area contributed by atoms with Crippen LogP contribution in [-0.4, -0.2) is 15.6 Å². The number of anilines is 3. The van der Waals surface area contributed by atoms with Gasteiger partial charge in [0.05, 0.1) is 0 Å². The van der Waals surface area contributed by atoms with Crippen molar-refractivity contribution < 1.29 is 4.79 Å². The van der Waals surface area contributed by atoms with E-state index in [4.69, 9.17) is 5.73 Å². The number of carbonyl (C=O) groups excluding carboxylic acids is 1. The maximum Gasteiger partial charge on any atom is 0.323 e. The molecule has 0 aliphatic heterocycles. The van der Waals surface area contributed by atoms with E-state index in [1.807, 2.05) is 42.5 Å². The third-order valence-corrected chi connectivity index (χ3v) is 6.81. The van der Waals surface area contributed by atoms with E-state index < -0.39 is 6.03 Å². The van der Waals surface area contributed by atoms with E-state index in [-0.39, 0.29) is 23.1 Å². The van der Waals surface area contributed by atoms with Crippen molar-refractivity contribution in [1.82, 2.24) is 9.55 Å². The first-order chi connectivity index (χ1) is 18.2. The monoisotopic (exact) mass is 511 g/mol. The fourth-order valence-corrected chi connectivity index (χ4v) is 4.82. The zero-order valence-electron chi connectivity index (χ0n) is 22.8. The largest absolute Gasteiger partial charge is 0.399 e. The van der Waals surface area contributed by atoms with Crippen LogP contribution in [0.5, 0.6) is 0 Å². The molecule has 4 N–H and O–H groups in total.